The number of aliphatic carboxylic acids is 1. The van der Waals surface area contributed by atoms with Gasteiger partial charge in [-0.3, -0.25) is 4.79 Å². The predicted molar refractivity (Wildman–Crippen MR) is 132 cm³/mol. The van der Waals surface area contributed by atoms with Gasteiger partial charge in [-0.05, 0) is 53.9 Å². The van der Waals surface area contributed by atoms with Crippen LogP contribution in [0.25, 0.3) is 11.1 Å². The van der Waals surface area contributed by atoms with Crippen LogP contribution >= 0.6 is 11.8 Å². The molecule has 1 aliphatic heterocycles. The molecule has 2 saturated carbocycles. The lowest BCUT2D eigenvalue weighted by molar-refractivity contribution is -0.151. The number of carbonyl (C=O) groups excluding carboxylic acids is 2. The Morgan fingerprint density at radius 2 is 1.66 bits per heavy atom. The average molecular weight is 493 g/mol. The molecule has 2 aromatic carbocycles. The molecule has 2 aromatic rings. The highest BCUT2D eigenvalue weighted by molar-refractivity contribution is 8.00. The third-order valence-electron chi connectivity index (χ3n) is 7.80. The Hall–Kier alpha value is -3.00. The van der Waals surface area contributed by atoms with Crippen LogP contribution in [0.15, 0.2) is 48.5 Å². The first kappa shape index (κ1) is 22.5. The molecule has 0 spiro atoms. The summed E-state index contributed by atoms with van der Waals surface area (Å²) in [5.74, 6) is -0.292. The summed E-state index contributed by atoms with van der Waals surface area (Å²) in [5, 5.41) is 12.4. The molecule has 2 N–H and O–H groups in total. The van der Waals surface area contributed by atoms with Crippen molar-refractivity contribution < 1.29 is 24.2 Å². The fourth-order valence-electron chi connectivity index (χ4n) is 5.50. The molecule has 0 bridgehead atoms. The van der Waals surface area contributed by atoms with E-state index in [4.69, 9.17) is 4.74 Å². The summed E-state index contributed by atoms with van der Waals surface area (Å²) in [4.78, 5) is 39.6. The van der Waals surface area contributed by atoms with Crippen molar-refractivity contribution in [2.75, 3.05) is 18.9 Å². The van der Waals surface area contributed by atoms with E-state index in [1.165, 1.54) is 11.1 Å². The Morgan fingerprint density at radius 3 is 2.23 bits per heavy atom. The van der Waals surface area contributed by atoms with Crippen LogP contribution in [0.4, 0.5) is 4.79 Å². The number of hydrogen-bond donors (Lipinski definition) is 2. The number of rotatable bonds is 7. The van der Waals surface area contributed by atoms with E-state index in [2.05, 4.69) is 29.6 Å². The number of carboxylic acid groups (broad SMARTS) is 1. The zero-order valence-corrected chi connectivity index (χ0v) is 20.1. The van der Waals surface area contributed by atoms with Gasteiger partial charge in [0, 0.05) is 18.2 Å². The molecule has 3 aliphatic carbocycles. The number of ether oxygens (including phenoxy) is 1. The minimum atomic E-state index is -0.950. The summed E-state index contributed by atoms with van der Waals surface area (Å²) in [7, 11) is 0. The fraction of sp³-hybridized carbons (Fsp3) is 0.444. The number of hydrogen-bond acceptors (Lipinski definition) is 5. The largest absolute Gasteiger partial charge is 0.480 e. The second kappa shape index (κ2) is 8.59. The molecule has 8 heteroatoms. The molecule has 2 unspecified atom stereocenters. The molecule has 6 rings (SSSR count). The first-order chi connectivity index (χ1) is 17.0. The van der Waals surface area contributed by atoms with E-state index in [0.29, 0.717) is 24.5 Å². The van der Waals surface area contributed by atoms with Gasteiger partial charge in [0.25, 0.3) is 0 Å². The Morgan fingerprint density at radius 1 is 1.03 bits per heavy atom. The van der Waals surface area contributed by atoms with Crippen LogP contribution in [-0.4, -0.2) is 58.3 Å². The molecule has 1 saturated heterocycles. The first-order valence-electron chi connectivity index (χ1n) is 12.2. The highest BCUT2D eigenvalue weighted by Gasteiger charge is 2.58. The van der Waals surface area contributed by atoms with E-state index in [9.17, 15) is 19.5 Å². The Labute approximate surface area is 208 Å². The van der Waals surface area contributed by atoms with Gasteiger partial charge in [-0.2, -0.15) is 0 Å². The zero-order chi connectivity index (χ0) is 24.2. The molecule has 35 heavy (non-hydrogen) atoms. The standard InChI is InChI=1S/C27H28N2O5S/c30-24(31)22-14-35-23(16-9-10-16)29(22)25(32)27(11-12-27)15-28-26(33)34-13-21-19-7-3-1-5-17(19)18-6-2-4-8-20(18)21/h1-8,16,21-23H,9-15H2,(H,28,33)(H,30,31). The van der Waals surface area contributed by atoms with Crippen LogP contribution in [0, 0.1) is 11.3 Å². The minimum Gasteiger partial charge on any atom is -0.480 e. The third-order valence-corrected chi connectivity index (χ3v) is 9.26. The molecule has 2 atom stereocenters. The highest BCUT2D eigenvalue weighted by Crippen LogP contribution is 2.52. The van der Waals surface area contributed by atoms with E-state index in [-0.39, 0.29) is 30.4 Å². The maximum Gasteiger partial charge on any atom is 0.407 e. The number of amides is 2. The number of benzene rings is 2. The van der Waals surface area contributed by atoms with Crippen molar-refractivity contribution >= 4 is 29.7 Å². The van der Waals surface area contributed by atoms with E-state index < -0.39 is 23.5 Å². The Bertz CT molecular complexity index is 1150. The van der Waals surface area contributed by atoms with Gasteiger partial charge < -0.3 is 20.1 Å². The summed E-state index contributed by atoms with van der Waals surface area (Å²) in [6.45, 7) is 0.391. The maximum atomic E-state index is 13.5. The second-order valence-electron chi connectivity index (χ2n) is 10.1. The quantitative estimate of drug-likeness (QED) is 0.605. The topological polar surface area (TPSA) is 95.9 Å². The fourth-order valence-corrected chi connectivity index (χ4v) is 7.13. The van der Waals surface area contributed by atoms with Crippen molar-refractivity contribution in [2.24, 2.45) is 11.3 Å². The number of carboxylic acids is 1. The molecular weight excluding hydrogens is 464 g/mol. The minimum absolute atomic E-state index is 0.0260. The van der Waals surface area contributed by atoms with E-state index in [1.807, 2.05) is 24.3 Å². The van der Waals surface area contributed by atoms with Crippen molar-refractivity contribution in [3.05, 3.63) is 59.7 Å². The van der Waals surface area contributed by atoms with Gasteiger partial charge in [0.05, 0.1) is 10.8 Å². The number of fused-ring (bicyclic) bond motifs is 3. The Kier molecular flexibility index (Phi) is 5.51. The maximum absolute atomic E-state index is 13.5. The highest BCUT2D eigenvalue weighted by atomic mass is 32.2. The van der Waals surface area contributed by atoms with Crippen LogP contribution in [-0.2, 0) is 14.3 Å². The lowest BCUT2D eigenvalue weighted by Crippen LogP contribution is -2.51. The first-order valence-corrected chi connectivity index (χ1v) is 13.3. The summed E-state index contributed by atoms with van der Waals surface area (Å²) < 4.78 is 5.62. The monoisotopic (exact) mass is 492 g/mol. The van der Waals surface area contributed by atoms with Crippen LogP contribution < -0.4 is 5.32 Å². The van der Waals surface area contributed by atoms with Crippen molar-refractivity contribution in [1.29, 1.82) is 0 Å². The van der Waals surface area contributed by atoms with Gasteiger partial charge in [0.1, 0.15) is 12.6 Å². The number of alkyl carbamates (subject to hydrolysis) is 1. The summed E-state index contributed by atoms with van der Waals surface area (Å²) in [6.07, 6.45) is 2.84. The SMILES string of the molecule is O=C(NCC1(C(=O)N2C(C(=O)O)CSC2C2CC2)CC1)OCC1c2ccccc2-c2ccccc21. The van der Waals surface area contributed by atoms with Crippen molar-refractivity contribution in [2.45, 2.75) is 43.0 Å². The van der Waals surface area contributed by atoms with Crippen LogP contribution in [0.2, 0.25) is 0 Å². The summed E-state index contributed by atoms with van der Waals surface area (Å²) in [5.41, 5.74) is 3.92. The summed E-state index contributed by atoms with van der Waals surface area (Å²) in [6, 6.07) is 15.6. The molecule has 182 valence electrons. The summed E-state index contributed by atoms with van der Waals surface area (Å²) >= 11 is 1.58. The van der Waals surface area contributed by atoms with Gasteiger partial charge in [-0.25, -0.2) is 9.59 Å². The number of nitrogens with one attached hydrogen (secondary N) is 1. The molecule has 0 aromatic heterocycles. The molecule has 3 fully saturated rings. The van der Waals surface area contributed by atoms with E-state index in [0.717, 1.165) is 24.0 Å². The van der Waals surface area contributed by atoms with Crippen molar-refractivity contribution in [3.63, 3.8) is 0 Å². The lowest BCUT2D eigenvalue weighted by atomic mass is 9.98. The smallest absolute Gasteiger partial charge is 0.407 e. The van der Waals surface area contributed by atoms with Crippen LogP contribution in [0.5, 0.6) is 0 Å². The number of thioether (sulfide) groups is 1. The number of nitrogens with zero attached hydrogens (tertiary/aromatic N) is 1. The Balaban J connectivity index is 1.09. The molecule has 1 heterocycles. The van der Waals surface area contributed by atoms with Crippen LogP contribution in [0.1, 0.15) is 42.7 Å². The van der Waals surface area contributed by atoms with Crippen molar-refractivity contribution in [3.8, 4) is 11.1 Å². The molecule has 4 aliphatic rings. The molecular formula is C27H28N2O5S. The van der Waals surface area contributed by atoms with Gasteiger partial charge in [-0.1, -0.05) is 48.5 Å². The average Bonchev–Trinajstić information content (AvgIpc) is 3.80. The third kappa shape index (κ3) is 3.97. The number of carbonyl (C=O) groups is 3. The van der Waals surface area contributed by atoms with Crippen molar-refractivity contribution in [1.82, 2.24) is 10.2 Å². The molecule has 0 radical (unpaired) electrons. The second-order valence-corrected chi connectivity index (χ2v) is 11.2. The van der Waals surface area contributed by atoms with E-state index in [1.54, 1.807) is 16.7 Å². The predicted octanol–water partition coefficient (Wildman–Crippen LogP) is 4.07. The molecule has 7 nitrogen and oxygen atoms in total. The molecule has 2 amide bonds. The van der Waals surface area contributed by atoms with E-state index >= 15 is 0 Å². The van der Waals surface area contributed by atoms with Crippen LogP contribution in [0.3, 0.4) is 0 Å². The van der Waals surface area contributed by atoms with Gasteiger partial charge in [0.2, 0.25) is 5.91 Å². The lowest BCUT2D eigenvalue weighted by Gasteiger charge is -2.31. The van der Waals surface area contributed by atoms with Gasteiger partial charge in [-0.15, -0.1) is 11.8 Å². The normalized spacial score (nSPS) is 23.9. The zero-order valence-electron chi connectivity index (χ0n) is 19.3. The van der Waals surface area contributed by atoms with Gasteiger partial charge in [0.15, 0.2) is 0 Å². The van der Waals surface area contributed by atoms with Gasteiger partial charge >= 0.3 is 12.1 Å².